The maximum absolute atomic E-state index is 10.7. The topological polar surface area (TPSA) is 40.5 Å². The van der Waals surface area contributed by atoms with Crippen LogP contribution < -0.4 is 4.90 Å². The number of carbonyl (C=O) groups is 1. The monoisotopic (exact) mass is 299 g/mol. The van der Waals surface area contributed by atoms with Crippen LogP contribution in [0.3, 0.4) is 0 Å². The first-order valence-corrected chi connectivity index (χ1v) is 6.51. The molecule has 0 radical (unpaired) electrons. The zero-order chi connectivity index (χ0) is 12.8. The van der Waals surface area contributed by atoms with Crippen LogP contribution in [0.1, 0.15) is 20.3 Å². The molecule has 1 aromatic rings. The highest BCUT2D eigenvalue weighted by atomic mass is 79.9. The van der Waals surface area contributed by atoms with Gasteiger partial charge in [-0.3, -0.25) is 4.79 Å². The maximum atomic E-state index is 10.7. The Hall–Kier alpha value is -1.03. The van der Waals surface area contributed by atoms with Gasteiger partial charge in [0.25, 0.3) is 0 Å². The minimum absolute atomic E-state index is 0.161. The highest BCUT2D eigenvalue weighted by molar-refractivity contribution is 9.10. The van der Waals surface area contributed by atoms with Crippen molar-refractivity contribution >= 4 is 27.6 Å². The van der Waals surface area contributed by atoms with E-state index in [9.17, 15) is 4.79 Å². The van der Waals surface area contributed by atoms with Gasteiger partial charge in [0.15, 0.2) is 0 Å². The van der Waals surface area contributed by atoms with Crippen LogP contribution in [0.2, 0.25) is 0 Å². The number of hydrogen-bond donors (Lipinski definition) is 1. The molecule has 94 valence electrons. The van der Waals surface area contributed by atoms with Crippen molar-refractivity contribution in [3.8, 4) is 0 Å². The minimum atomic E-state index is -0.759. The Morgan fingerprint density at radius 2 is 2.06 bits per heavy atom. The Bertz CT molecular complexity index is 379. The van der Waals surface area contributed by atoms with Crippen LogP contribution in [0.4, 0.5) is 5.69 Å². The summed E-state index contributed by atoms with van der Waals surface area (Å²) in [7, 11) is 0. The van der Waals surface area contributed by atoms with Crippen molar-refractivity contribution in [2.24, 2.45) is 5.92 Å². The van der Waals surface area contributed by atoms with Crippen LogP contribution >= 0.6 is 15.9 Å². The lowest BCUT2D eigenvalue weighted by Gasteiger charge is -2.27. The zero-order valence-corrected chi connectivity index (χ0v) is 11.8. The van der Waals surface area contributed by atoms with Gasteiger partial charge >= 0.3 is 5.97 Å². The van der Waals surface area contributed by atoms with E-state index in [1.807, 2.05) is 24.3 Å². The number of hydrogen-bond acceptors (Lipinski definition) is 2. The summed E-state index contributed by atoms with van der Waals surface area (Å²) in [6, 6.07) is 7.91. The Morgan fingerprint density at radius 3 is 2.59 bits per heavy atom. The van der Waals surface area contributed by atoms with Gasteiger partial charge in [0, 0.05) is 17.6 Å². The lowest BCUT2D eigenvalue weighted by atomic mass is 10.1. The van der Waals surface area contributed by atoms with Crippen LogP contribution in [0.15, 0.2) is 28.7 Å². The molecular weight excluding hydrogens is 282 g/mol. The van der Waals surface area contributed by atoms with Gasteiger partial charge in [-0.1, -0.05) is 26.0 Å². The van der Waals surface area contributed by atoms with E-state index in [4.69, 9.17) is 5.11 Å². The summed E-state index contributed by atoms with van der Waals surface area (Å²) in [5, 5.41) is 8.77. The van der Waals surface area contributed by atoms with Crippen molar-refractivity contribution in [2.75, 3.05) is 18.0 Å². The number of anilines is 1. The smallest absolute Gasteiger partial charge is 0.305 e. The van der Waals surface area contributed by atoms with Gasteiger partial charge in [-0.05, 0) is 34.0 Å². The second-order valence-corrected chi connectivity index (χ2v) is 5.29. The van der Waals surface area contributed by atoms with Gasteiger partial charge in [-0.25, -0.2) is 0 Å². The van der Waals surface area contributed by atoms with E-state index in [1.54, 1.807) is 0 Å². The average Bonchev–Trinajstić information content (AvgIpc) is 2.24. The fourth-order valence-electron chi connectivity index (χ4n) is 1.69. The third-order valence-electron chi connectivity index (χ3n) is 2.37. The fourth-order valence-corrected chi connectivity index (χ4v) is 2.23. The number of carboxylic acids is 1. The molecule has 0 atom stereocenters. The van der Waals surface area contributed by atoms with Crippen LogP contribution in [0.5, 0.6) is 0 Å². The third kappa shape index (κ3) is 4.77. The fraction of sp³-hybridized carbons (Fsp3) is 0.462. The largest absolute Gasteiger partial charge is 0.481 e. The number of nitrogens with zero attached hydrogens (tertiary/aromatic N) is 1. The number of aliphatic carboxylic acids is 1. The van der Waals surface area contributed by atoms with Crippen molar-refractivity contribution in [1.82, 2.24) is 0 Å². The quantitative estimate of drug-likeness (QED) is 0.875. The predicted octanol–water partition coefficient (Wildman–Crippen LogP) is 3.39. The lowest BCUT2D eigenvalue weighted by Crippen LogP contribution is -2.30. The zero-order valence-electron chi connectivity index (χ0n) is 10.2. The van der Waals surface area contributed by atoms with E-state index in [2.05, 4.69) is 34.7 Å². The molecule has 0 saturated heterocycles. The van der Waals surface area contributed by atoms with Crippen molar-refractivity contribution < 1.29 is 9.90 Å². The average molecular weight is 300 g/mol. The van der Waals surface area contributed by atoms with Crippen molar-refractivity contribution in [2.45, 2.75) is 20.3 Å². The van der Waals surface area contributed by atoms with Crippen molar-refractivity contribution in [1.29, 1.82) is 0 Å². The minimum Gasteiger partial charge on any atom is -0.481 e. The molecule has 17 heavy (non-hydrogen) atoms. The summed E-state index contributed by atoms with van der Waals surface area (Å²) in [6.45, 7) is 5.65. The van der Waals surface area contributed by atoms with Gasteiger partial charge in [0.1, 0.15) is 0 Å². The Labute approximate surface area is 111 Å². The SMILES string of the molecule is CC(C)CN(CCC(=O)O)c1ccccc1Br. The van der Waals surface area contributed by atoms with Crippen LogP contribution in [0, 0.1) is 5.92 Å². The predicted molar refractivity (Wildman–Crippen MR) is 73.4 cm³/mol. The number of rotatable bonds is 6. The molecular formula is C13H18BrNO2. The number of carboxylic acid groups (broad SMARTS) is 1. The van der Waals surface area contributed by atoms with E-state index in [0.29, 0.717) is 12.5 Å². The molecule has 0 aromatic heterocycles. The Kier molecular flexibility index (Phi) is 5.48. The Morgan fingerprint density at radius 1 is 1.41 bits per heavy atom. The van der Waals surface area contributed by atoms with Gasteiger partial charge in [-0.15, -0.1) is 0 Å². The molecule has 0 unspecified atom stereocenters. The molecule has 1 aromatic carbocycles. The standard InChI is InChI=1S/C13H18BrNO2/c1-10(2)9-15(8-7-13(16)17)12-6-4-3-5-11(12)14/h3-6,10H,7-9H2,1-2H3,(H,16,17). The van der Waals surface area contributed by atoms with E-state index in [1.165, 1.54) is 0 Å². The number of benzene rings is 1. The molecule has 0 spiro atoms. The molecule has 1 N–H and O–H groups in total. The van der Waals surface area contributed by atoms with E-state index in [-0.39, 0.29) is 6.42 Å². The van der Waals surface area contributed by atoms with Crippen LogP contribution in [-0.2, 0) is 4.79 Å². The maximum Gasteiger partial charge on any atom is 0.305 e. The summed E-state index contributed by atoms with van der Waals surface area (Å²) < 4.78 is 1.01. The molecule has 0 aliphatic rings. The second-order valence-electron chi connectivity index (χ2n) is 4.44. The molecule has 0 bridgehead atoms. The number of para-hydroxylation sites is 1. The van der Waals surface area contributed by atoms with E-state index in [0.717, 1.165) is 16.7 Å². The number of halogens is 1. The molecule has 0 aliphatic carbocycles. The van der Waals surface area contributed by atoms with Gasteiger partial charge in [0.2, 0.25) is 0 Å². The van der Waals surface area contributed by atoms with E-state index < -0.39 is 5.97 Å². The van der Waals surface area contributed by atoms with Crippen molar-refractivity contribution in [3.05, 3.63) is 28.7 Å². The third-order valence-corrected chi connectivity index (χ3v) is 3.04. The summed E-state index contributed by atoms with van der Waals surface area (Å²) in [5.41, 5.74) is 1.06. The van der Waals surface area contributed by atoms with Gasteiger partial charge < -0.3 is 10.0 Å². The molecule has 0 fully saturated rings. The first kappa shape index (κ1) is 14.0. The molecule has 0 amide bonds. The summed E-state index contributed by atoms with van der Waals surface area (Å²) in [5.74, 6) is -0.262. The highest BCUT2D eigenvalue weighted by Crippen LogP contribution is 2.26. The summed E-state index contributed by atoms with van der Waals surface area (Å²) >= 11 is 3.50. The van der Waals surface area contributed by atoms with Crippen molar-refractivity contribution in [3.63, 3.8) is 0 Å². The first-order valence-electron chi connectivity index (χ1n) is 5.72. The van der Waals surface area contributed by atoms with E-state index >= 15 is 0 Å². The van der Waals surface area contributed by atoms with Crippen LogP contribution in [-0.4, -0.2) is 24.2 Å². The molecule has 4 heteroatoms. The summed E-state index contributed by atoms with van der Waals surface area (Å²) in [6.07, 6.45) is 0.161. The summed E-state index contributed by atoms with van der Waals surface area (Å²) in [4.78, 5) is 12.8. The molecule has 3 nitrogen and oxygen atoms in total. The van der Waals surface area contributed by atoms with Crippen LogP contribution in [0.25, 0.3) is 0 Å². The molecule has 1 rings (SSSR count). The van der Waals surface area contributed by atoms with Gasteiger partial charge in [0.05, 0.1) is 12.1 Å². The van der Waals surface area contributed by atoms with Gasteiger partial charge in [-0.2, -0.15) is 0 Å². The lowest BCUT2D eigenvalue weighted by molar-refractivity contribution is -0.136. The normalized spacial score (nSPS) is 10.6. The highest BCUT2D eigenvalue weighted by Gasteiger charge is 2.12. The Balaban J connectivity index is 2.82. The first-order chi connectivity index (χ1) is 8.00. The molecule has 0 heterocycles. The second kappa shape index (κ2) is 6.64. The molecule has 0 saturated carbocycles. The molecule has 0 aliphatic heterocycles.